The first-order valence-electron chi connectivity index (χ1n) is 6.60. The highest BCUT2D eigenvalue weighted by Gasteiger charge is 2.07. The third-order valence-corrected chi connectivity index (χ3v) is 3.29. The number of rotatable bonds is 4. The number of ketones is 1. The number of Topliss-reactive ketones (excluding diaryl/α,β-unsaturated/α-hetero) is 1. The van der Waals surface area contributed by atoms with Crippen LogP contribution in [0.4, 0.5) is 0 Å². The van der Waals surface area contributed by atoms with E-state index in [4.69, 9.17) is 0 Å². The van der Waals surface area contributed by atoms with E-state index in [0.29, 0.717) is 12.8 Å². The van der Waals surface area contributed by atoms with Crippen LogP contribution in [0.1, 0.15) is 22.3 Å². The number of fused-ring (bicyclic) bond motifs is 1. The molecule has 3 heteroatoms. The van der Waals surface area contributed by atoms with Crippen LogP contribution >= 0.6 is 0 Å². The molecule has 3 rings (SSSR count). The van der Waals surface area contributed by atoms with Crippen LogP contribution in [0.2, 0.25) is 0 Å². The summed E-state index contributed by atoms with van der Waals surface area (Å²) >= 11 is 0. The fraction of sp³-hybridized carbons (Fsp3) is 0.118. The fourth-order valence-electron chi connectivity index (χ4n) is 2.19. The highest BCUT2D eigenvalue weighted by Crippen LogP contribution is 2.15. The Labute approximate surface area is 117 Å². The van der Waals surface area contributed by atoms with Gasteiger partial charge < -0.3 is 0 Å². The van der Waals surface area contributed by atoms with Gasteiger partial charge in [-0.05, 0) is 30.2 Å². The molecule has 98 valence electrons. The number of pyridine rings is 2. The first-order valence-corrected chi connectivity index (χ1v) is 6.60. The Morgan fingerprint density at radius 2 is 1.95 bits per heavy atom. The summed E-state index contributed by atoms with van der Waals surface area (Å²) in [6.07, 6.45) is 6.48. The van der Waals surface area contributed by atoms with Crippen molar-refractivity contribution in [3.63, 3.8) is 0 Å². The lowest BCUT2D eigenvalue weighted by Gasteiger charge is -2.03. The summed E-state index contributed by atoms with van der Waals surface area (Å²) in [6, 6.07) is 13.4. The quantitative estimate of drug-likeness (QED) is 0.676. The summed E-state index contributed by atoms with van der Waals surface area (Å²) in [5.74, 6) is 0.140. The number of hydrogen-bond donors (Lipinski definition) is 0. The predicted octanol–water partition coefficient (Wildman–Crippen LogP) is 3.45. The van der Waals surface area contributed by atoms with Gasteiger partial charge in [0.05, 0.1) is 5.52 Å². The van der Waals surface area contributed by atoms with Gasteiger partial charge in [0, 0.05) is 36.0 Å². The third kappa shape index (κ3) is 2.72. The van der Waals surface area contributed by atoms with Gasteiger partial charge in [-0.3, -0.25) is 14.8 Å². The van der Waals surface area contributed by atoms with Gasteiger partial charge in [-0.1, -0.05) is 24.3 Å². The van der Waals surface area contributed by atoms with Crippen molar-refractivity contribution in [3.05, 3.63) is 72.2 Å². The van der Waals surface area contributed by atoms with Crippen molar-refractivity contribution in [1.29, 1.82) is 0 Å². The Morgan fingerprint density at radius 1 is 1.05 bits per heavy atom. The number of carbonyl (C=O) groups excluding carboxylic acids is 1. The van der Waals surface area contributed by atoms with Gasteiger partial charge in [-0.2, -0.15) is 0 Å². The standard InChI is InChI=1S/C17H14N2O/c20-17(8-5-13-3-1-9-18-12-13)15-7-6-14-4-2-10-19-16(14)11-15/h1-4,6-7,9-12H,5,8H2. The van der Waals surface area contributed by atoms with Crippen molar-refractivity contribution in [1.82, 2.24) is 9.97 Å². The molecule has 3 aromatic rings. The maximum absolute atomic E-state index is 12.2. The summed E-state index contributed by atoms with van der Waals surface area (Å²) in [6.45, 7) is 0. The second kappa shape index (κ2) is 5.61. The topological polar surface area (TPSA) is 42.9 Å². The molecule has 0 unspecified atom stereocenters. The predicted molar refractivity (Wildman–Crippen MR) is 78.6 cm³/mol. The van der Waals surface area contributed by atoms with Gasteiger partial charge >= 0.3 is 0 Å². The molecule has 0 aliphatic heterocycles. The zero-order valence-electron chi connectivity index (χ0n) is 11.0. The normalized spacial score (nSPS) is 10.6. The van der Waals surface area contributed by atoms with Crippen molar-refractivity contribution in [2.75, 3.05) is 0 Å². The third-order valence-electron chi connectivity index (χ3n) is 3.29. The van der Waals surface area contributed by atoms with Crippen LogP contribution in [0, 0.1) is 0 Å². The zero-order chi connectivity index (χ0) is 13.8. The second-order valence-electron chi connectivity index (χ2n) is 4.70. The van der Waals surface area contributed by atoms with E-state index in [1.54, 1.807) is 18.6 Å². The van der Waals surface area contributed by atoms with Crippen LogP contribution in [0.15, 0.2) is 61.1 Å². The summed E-state index contributed by atoms with van der Waals surface area (Å²) < 4.78 is 0. The van der Waals surface area contributed by atoms with E-state index in [2.05, 4.69) is 9.97 Å². The molecule has 0 fully saturated rings. The monoisotopic (exact) mass is 262 g/mol. The Bertz CT molecular complexity index is 738. The van der Waals surface area contributed by atoms with E-state index >= 15 is 0 Å². The van der Waals surface area contributed by atoms with Crippen molar-refractivity contribution in [2.24, 2.45) is 0 Å². The first kappa shape index (κ1) is 12.5. The Hall–Kier alpha value is -2.55. The van der Waals surface area contributed by atoms with Gasteiger partial charge in [-0.25, -0.2) is 0 Å². The molecule has 0 aliphatic carbocycles. The van der Waals surface area contributed by atoms with E-state index < -0.39 is 0 Å². The first-order chi connectivity index (χ1) is 9.83. The molecule has 0 saturated carbocycles. The highest BCUT2D eigenvalue weighted by molar-refractivity contribution is 5.99. The minimum absolute atomic E-state index is 0.140. The number of nitrogens with zero attached hydrogens (tertiary/aromatic N) is 2. The Morgan fingerprint density at radius 3 is 2.80 bits per heavy atom. The van der Waals surface area contributed by atoms with E-state index in [0.717, 1.165) is 22.0 Å². The maximum Gasteiger partial charge on any atom is 0.163 e. The fourth-order valence-corrected chi connectivity index (χ4v) is 2.19. The minimum atomic E-state index is 0.140. The largest absolute Gasteiger partial charge is 0.294 e. The summed E-state index contributed by atoms with van der Waals surface area (Å²) in [7, 11) is 0. The lowest BCUT2D eigenvalue weighted by Crippen LogP contribution is -2.01. The Kier molecular flexibility index (Phi) is 3.50. The number of hydrogen-bond acceptors (Lipinski definition) is 3. The molecule has 0 radical (unpaired) electrons. The molecular formula is C17H14N2O. The van der Waals surface area contributed by atoms with E-state index in [9.17, 15) is 4.79 Å². The molecule has 3 nitrogen and oxygen atoms in total. The van der Waals surface area contributed by atoms with Crippen LogP contribution in [-0.2, 0) is 6.42 Å². The number of benzene rings is 1. The molecule has 0 spiro atoms. The number of carbonyl (C=O) groups is 1. The lowest BCUT2D eigenvalue weighted by molar-refractivity contribution is 0.0983. The van der Waals surface area contributed by atoms with Crippen LogP contribution in [0.5, 0.6) is 0 Å². The molecule has 0 bridgehead atoms. The smallest absolute Gasteiger partial charge is 0.163 e. The van der Waals surface area contributed by atoms with Crippen molar-refractivity contribution in [2.45, 2.75) is 12.8 Å². The van der Waals surface area contributed by atoms with E-state index in [-0.39, 0.29) is 5.78 Å². The molecular weight excluding hydrogens is 248 g/mol. The molecule has 1 aromatic carbocycles. The number of aryl methyl sites for hydroxylation is 1. The minimum Gasteiger partial charge on any atom is -0.294 e. The van der Waals surface area contributed by atoms with Gasteiger partial charge in [0.2, 0.25) is 0 Å². The zero-order valence-corrected chi connectivity index (χ0v) is 11.0. The summed E-state index contributed by atoms with van der Waals surface area (Å²) in [5.41, 5.74) is 2.67. The second-order valence-corrected chi connectivity index (χ2v) is 4.70. The maximum atomic E-state index is 12.2. The van der Waals surface area contributed by atoms with Crippen LogP contribution < -0.4 is 0 Å². The molecule has 0 aliphatic rings. The molecule has 0 N–H and O–H groups in total. The van der Waals surface area contributed by atoms with Crippen LogP contribution in [-0.4, -0.2) is 15.8 Å². The van der Waals surface area contributed by atoms with Crippen molar-refractivity contribution >= 4 is 16.7 Å². The van der Waals surface area contributed by atoms with Crippen molar-refractivity contribution in [3.8, 4) is 0 Å². The lowest BCUT2D eigenvalue weighted by atomic mass is 10.0. The van der Waals surface area contributed by atoms with Crippen molar-refractivity contribution < 1.29 is 4.79 Å². The van der Waals surface area contributed by atoms with Gasteiger partial charge in [-0.15, -0.1) is 0 Å². The molecule has 0 saturated heterocycles. The summed E-state index contributed by atoms with van der Waals surface area (Å²) in [5, 5.41) is 1.05. The molecule has 2 heterocycles. The molecule has 2 aromatic heterocycles. The van der Waals surface area contributed by atoms with Gasteiger partial charge in [0.1, 0.15) is 0 Å². The molecule has 0 amide bonds. The van der Waals surface area contributed by atoms with Gasteiger partial charge in [0.15, 0.2) is 5.78 Å². The average molecular weight is 262 g/mol. The number of aromatic nitrogens is 2. The van der Waals surface area contributed by atoms with E-state index in [1.807, 2.05) is 42.5 Å². The van der Waals surface area contributed by atoms with E-state index in [1.165, 1.54) is 0 Å². The van der Waals surface area contributed by atoms with Gasteiger partial charge in [0.25, 0.3) is 0 Å². The molecule has 0 atom stereocenters. The molecule has 20 heavy (non-hydrogen) atoms. The summed E-state index contributed by atoms with van der Waals surface area (Å²) in [4.78, 5) is 20.5. The van der Waals surface area contributed by atoms with Crippen LogP contribution in [0.3, 0.4) is 0 Å². The highest BCUT2D eigenvalue weighted by atomic mass is 16.1. The SMILES string of the molecule is O=C(CCc1cccnc1)c1ccc2cccnc2c1. The van der Waals surface area contributed by atoms with Crippen LogP contribution in [0.25, 0.3) is 10.9 Å². The Balaban J connectivity index is 1.75. The average Bonchev–Trinajstić information content (AvgIpc) is 2.53.